The first kappa shape index (κ1) is 12.7. The number of halogens is 1. The molecule has 0 unspecified atom stereocenters. The van der Waals surface area contributed by atoms with Crippen molar-refractivity contribution in [3.05, 3.63) is 64.6 Å². The van der Waals surface area contributed by atoms with Crippen LogP contribution >= 0.6 is 15.9 Å². The van der Waals surface area contributed by atoms with Crippen molar-refractivity contribution in [3.63, 3.8) is 0 Å². The Bertz CT molecular complexity index is 849. The van der Waals surface area contributed by atoms with Crippen molar-refractivity contribution in [2.24, 2.45) is 0 Å². The smallest absolute Gasteiger partial charge is 0.141 e. The van der Waals surface area contributed by atoms with E-state index in [0.29, 0.717) is 10.9 Å². The van der Waals surface area contributed by atoms with E-state index in [1.54, 1.807) is 0 Å². The summed E-state index contributed by atoms with van der Waals surface area (Å²) in [5.74, 6) is 0.0422. The second-order valence-corrected chi connectivity index (χ2v) is 5.41. The fraction of sp³-hybridized carbons (Fsp3) is 0. The number of hydrogen-bond donors (Lipinski definition) is 1. The molecule has 3 aromatic rings. The lowest BCUT2D eigenvalue weighted by Gasteiger charge is -2.10. The van der Waals surface area contributed by atoms with Crippen LogP contribution in [0.4, 0.5) is 0 Å². The van der Waals surface area contributed by atoms with E-state index in [2.05, 4.69) is 22.0 Å². The first-order chi connectivity index (χ1) is 9.70. The van der Waals surface area contributed by atoms with Crippen molar-refractivity contribution in [2.75, 3.05) is 0 Å². The molecule has 0 saturated carbocycles. The normalized spacial score (nSPS) is 10.4. The van der Waals surface area contributed by atoms with E-state index in [4.69, 9.17) is 0 Å². The Hall–Kier alpha value is -2.31. The highest BCUT2D eigenvalue weighted by Crippen LogP contribution is 2.37. The molecular formula is C17H10BrNO. The molecule has 0 atom stereocenters. The van der Waals surface area contributed by atoms with Gasteiger partial charge < -0.3 is 5.11 Å². The van der Waals surface area contributed by atoms with Gasteiger partial charge in [0.1, 0.15) is 17.4 Å². The lowest BCUT2D eigenvalue weighted by atomic mass is 9.95. The molecule has 0 fully saturated rings. The highest BCUT2D eigenvalue weighted by atomic mass is 79.9. The van der Waals surface area contributed by atoms with Crippen molar-refractivity contribution in [2.45, 2.75) is 0 Å². The Morgan fingerprint density at radius 3 is 2.55 bits per heavy atom. The zero-order valence-electron chi connectivity index (χ0n) is 10.5. The first-order valence-electron chi connectivity index (χ1n) is 6.11. The summed E-state index contributed by atoms with van der Waals surface area (Å²) in [7, 11) is 0. The molecule has 3 rings (SSSR count). The number of aromatic hydroxyl groups is 1. The third-order valence-electron chi connectivity index (χ3n) is 3.27. The van der Waals surface area contributed by atoms with Crippen LogP contribution in [0.15, 0.2) is 59.1 Å². The van der Waals surface area contributed by atoms with E-state index in [9.17, 15) is 10.4 Å². The standard InChI is InChI=1S/C17H10BrNO/c18-13-6-3-5-11(8-13)15-9-12-4-1-2-7-14(12)17(20)16(15)10-19/h1-9,20H. The molecule has 0 aliphatic heterocycles. The number of hydrogen-bond acceptors (Lipinski definition) is 2. The molecule has 0 aliphatic carbocycles. The summed E-state index contributed by atoms with van der Waals surface area (Å²) < 4.78 is 0.937. The lowest BCUT2D eigenvalue weighted by Crippen LogP contribution is -1.88. The van der Waals surface area contributed by atoms with Gasteiger partial charge in [-0.05, 0) is 29.1 Å². The molecular weight excluding hydrogens is 314 g/mol. The minimum absolute atomic E-state index is 0.0422. The van der Waals surface area contributed by atoms with Crippen LogP contribution in [0.25, 0.3) is 21.9 Å². The molecule has 0 bridgehead atoms. The second-order valence-electron chi connectivity index (χ2n) is 4.49. The molecule has 0 saturated heterocycles. The molecule has 0 amide bonds. The third kappa shape index (κ3) is 2.04. The maximum absolute atomic E-state index is 10.3. The quantitative estimate of drug-likeness (QED) is 0.695. The van der Waals surface area contributed by atoms with Crippen LogP contribution in [0.2, 0.25) is 0 Å². The zero-order chi connectivity index (χ0) is 14.1. The van der Waals surface area contributed by atoms with Gasteiger partial charge in [0, 0.05) is 15.4 Å². The van der Waals surface area contributed by atoms with Crippen molar-refractivity contribution < 1.29 is 5.11 Å². The molecule has 1 N–H and O–H groups in total. The number of rotatable bonds is 1. The fourth-order valence-corrected chi connectivity index (χ4v) is 2.72. The van der Waals surface area contributed by atoms with Gasteiger partial charge in [-0.25, -0.2) is 0 Å². The Kier molecular flexibility index (Phi) is 3.17. The summed E-state index contributed by atoms with van der Waals surface area (Å²) in [4.78, 5) is 0. The lowest BCUT2D eigenvalue weighted by molar-refractivity contribution is 0.480. The first-order valence-corrected chi connectivity index (χ1v) is 6.91. The van der Waals surface area contributed by atoms with Crippen LogP contribution in [0.1, 0.15) is 5.56 Å². The van der Waals surface area contributed by atoms with E-state index in [1.807, 2.05) is 54.6 Å². The van der Waals surface area contributed by atoms with Crippen LogP contribution < -0.4 is 0 Å². The minimum Gasteiger partial charge on any atom is -0.506 e. The highest BCUT2D eigenvalue weighted by Gasteiger charge is 2.13. The molecule has 0 heterocycles. The summed E-state index contributed by atoms with van der Waals surface area (Å²) >= 11 is 3.43. The summed E-state index contributed by atoms with van der Waals surface area (Å²) in [6, 6.07) is 19.3. The Morgan fingerprint density at radius 2 is 1.80 bits per heavy atom. The van der Waals surface area contributed by atoms with Crippen molar-refractivity contribution >= 4 is 26.7 Å². The molecule has 0 radical (unpaired) electrons. The average Bonchev–Trinajstić information content (AvgIpc) is 2.47. The summed E-state index contributed by atoms with van der Waals surface area (Å²) in [5, 5.41) is 21.3. The van der Waals surface area contributed by atoms with Crippen LogP contribution in [-0.2, 0) is 0 Å². The maximum atomic E-state index is 10.3. The van der Waals surface area contributed by atoms with Crippen molar-refractivity contribution in [3.8, 4) is 22.9 Å². The van der Waals surface area contributed by atoms with Crippen LogP contribution in [0.5, 0.6) is 5.75 Å². The molecule has 96 valence electrons. The number of nitriles is 1. The predicted molar refractivity (Wildman–Crippen MR) is 83.5 cm³/mol. The second kappa shape index (κ2) is 4.99. The number of fused-ring (bicyclic) bond motifs is 1. The Balaban J connectivity index is 2.39. The minimum atomic E-state index is 0.0422. The topological polar surface area (TPSA) is 44.0 Å². The van der Waals surface area contributed by atoms with E-state index < -0.39 is 0 Å². The van der Waals surface area contributed by atoms with E-state index in [-0.39, 0.29) is 5.75 Å². The number of benzene rings is 3. The number of nitrogens with zero attached hydrogens (tertiary/aromatic N) is 1. The Labute approximate surface area is 125 Å². The summed E-state index contributed by atoms with van der Waals surface area (Å²) in [6.45, 7) is 0. The number of phenolic OH excluding ortho intramolecular Hbond substituents is 1. The molecule has 3 aromatic carbocycles. The summed E-state index contributed by atoms with van der Waals surface area (Å²) in [6.07, 6.45) is 0. The molecule has 20 heavy (non-hydrogen) atoms. The number of phenols is 1. The monoisotopic (exact) mass is 323 g/mol. The van der Waals surface area contributed by atoms with Gasteiger partial charge in [-0.3, -0.25) is 0 Å². The van der Waals surface area contributed by atoms with Gasteiger partial charge in [-0.2, -0.15) is 5.26 Å². The van der Waals surface area contributed by atoms with E-state index in [1.165, 1.54) is 0 Å². The van der Waals surface area contributed by atoms with Gasteiger partial charge in [0.05, 0.1) is 0 Å². The van der Waals surface area contributed by atoms with Gasteiger partial charge >= 0.3 is 0 Å². The van der Waals surface area contributed by atoms with Crippen molar-refractivity contribution in [1.29, 1.82) is 5.26 Å². The van der Waals surface area contributed by atoms with E-state index >= 15 is 0 Å². The SMILES string of the molecule is N#Cc1c(-c2cccc(Br)c2)cc2ccccc2c1O. The highest BCUT2D eigenvalue weighted by molar-refractivity contribution is 9.10. The zero-order valence-corrected chi connectivity index (χ0v) is 12.1. The van der Waals surface area contributed by atoms with Crippen molar-refractivity contribution in [1.82, 2.24) is 0 Å². The van der Waals surface area contributed by atoms with Crippen LogP contribution in [-0.4, -0.2) is 5.11 Å². The van der Waals surface area contributed by atoms with E-state index in [0.717, 1.165) is 21.0 Å². The largest absolute Gasteiger partial charge is 0.506 e. The molecule has 0 aliphatic rings. The van der Waals surface area contributed by atoms with Gasteiger partial charge in [0.15, 0.2) is 0 Å². The molecule has 2 nitrogen and oxygen atoms in total. The average molecular weight is 324 g/mol. The summed E-state index contributed by atoms with van der Waals surface area (Å²) in [5.41, 5.74) is 1.95. The Morgan fingerprint density at radius 1 is 1.00 bits per heavy atom. The predicted octanol–water partition coefficient (Wildman–Crippen LogP) is 4.85. The van der Waals surface area contributed by atoms with Gasteiger partial charge in [-0.15, -0.1) is 0 Å². The molecule has 3 heteroatoms. The van der Waals surface area contributed by atoms with Crippen LogP contribution in [0.3, 0.4) is 0 Å². The van der Waals surface area contributed by atoms with Gasteiger partial charge in [0.25, 0.3) is 0 Å². The third-order valence-corrected chi connectivity index (χ3v) is 3.76. The van der Waals surface area contributed by atoms with Crippen LogP contribution in [0, 0.1) is 11.3 Å². The maximum Gasteiger partial charge on any atom is 0.141 e. The molecule has 0 aromatic heterocycles. The molecule has 0 spiro atoms. The fourth-order valence-electron chi connectivity index (χ4n) is 2.33. The van der Waals surface area contributed by atoms with Gasteiger partial charge in [0.2, 0.25) is 0 Å². The van der Waals surface area contributed by atoms with Gasteiger partial charge in [-0.1, -0.05) is 52.3 Å².